The molecule has 118 valence electrons. The molecule has 0 bridgehead atoms. The summed E-state index contributed by atoms with van der Waals surface area (Å²) in [7, 11) is 0. The predicted molar refractivity (Wildman–Crippen MR) is 85.0 cm³/mol. The highest BCUT2D eigenvalue weighted by atomic mass is 79.9. The van der Waals surface area contributed by atoms with Crippen LogP contribution in [0.3, 0.4) is 0 Å². The van der Waals surface area contributed by atoms with Crippen molar-refractivity contribution >= 4 is 34.2 Å². The molecule has 1 aromatic carbocycles. The van der Waals surface area contributed by atoms with Crippen molar-refractivity contribution in [1.82, 2.24) is 5.32 Å². The maximum Gasteiger partial charge on any atom is 0.249 e. The fraction of sp³-hybridized carbons (Fsp3) is 0.500. The first-order valence-corrected chi connectivity index (χ1v) is 7.46. The number of hydrogen-bond donors (Lipinski definition) is 2. The van der Waals surface area contributed by atoms with Gasteiger partial charge >= 0.3 is 0 Å². The highest BCUT2D eigenvalue weighted by molar-refractivity contribution is 9.10. The van der Waals surface area contributed by atoms with Gasteiger partial charge in [-0.2, -0.15) is 0 Å². The van der Waals surface area contributed by atoms with Gasteiger partial charge < -0.3 is 15.8 Å². The third-order valence-corrected chi connectivity index (χ3v) is 3.86. The third kappa shape index (κ3) is 5.21. The van der Waals surface area contributed by atoms with Crippen molar-refractivity contribution < 1.29 is 13.9 Å². The van der Waals surface area contributed by atoms with E-state index in [0.717, 1.165) is 10.9 Å². The number of rotatable bonds is 5. The van der Waals surface area contributed by atoms with Crippen molar-refractivity contribution in [1.29, 1.82) is 0 Å². The van der Waals surface area contributed by atoms with Gasteiger partial charge in [-0.3, -0.25) is 4.79 Å². The molecule has 0 radical (unpaired) electrons. The Bertz CT molecular complexity index is 490. The van der Waals surface area contributed by atoms with Crippen LogP contribution < -0.4 is 11.1 Å². The zero-order valence-electron chi connectivity index (χ0n) is 11.5. The minimum Gasteiger partial charge on any atom is -0.364 e. The lowest BCUT2D eigenvalue weighted by Gasteiger charge is -2.13. The second-order valence-electron chi connectivity index (χ2n) is 4.84. The molecule has 0 aliphatic carbocycles. The van der Waals surface area contributed by atoms with E-state index in [1.807, 2.05) is 0 Å². The molecule has 1 aromatic rings. The number of carbonyl (C=O) groups excluding carboxylic acids is 1. The van der Waals surface area contributed by atoms with Gasteiger partial charge in [0.05, 0.1) is 6.10 Å². The number of amides is 1. The number of nitrogens with two attached hydrogens (primary N) is 1. The topological polar surface area (TPSA) is 64.4 Å². The Kier molecular flexibility index (Phi) is 7.59. The Hall–Kier alpha value is -0.690. The van der Waals surface area contributed by atoms with Crippen molar-refractivity contribution in [2.45, 2.75) is 31.5 Å². The minimum atomic E-state index is -0.420. The molecule has 0 saturated carbocycles. The van der Waals surface area contributed by atoms with Crippen LogP contribution in [0.2, 0.25) is 0 Å². The molecule has 21 heavy (non-hydrogen) atoms. The number of hydrogen-bond acceptors (Lipinski definition) is 3. The summed E-state index contributed by atoms with van der Waals surface area (Å²) in [5.41, 5.74) is 6.08. The van der Waals surface area contributed by atoms with Crippen molar-refractivity contribution in [3.63, 3.8) is 0 Å². The Morgan fingerprint density at radius 1 is 1.48 bits per heavy atom. The molecular weight excluding hydrogens is 363 g/mol. The monoisotopic (exact) mass is 380 g/mol. The lowest BCUT2D eigenvalue weighted by molar-refractivity contribution is -0.131. The molecule has 1 aliphatic heterocycles. The van der Waals surface area contributed by atoms with Gasteiger partial charge in [0.25, 0.3) is 0 Å². The first kappa shape index (κ1) is 18.4. The van der Waals surface area contributed by atoms with Crippen LogP contribution in [-0.4, -0.2) is 31.2 Å². The lowest BCUT2D eigenvalue weighted by atomic mass is 10.1. The van der Waals surface area contributed by atoms with Gasteiger partial charge in [-0.15, -0.1) is 12.4 Å². The molecule has 1 saturated heterocycles. The fourth-order valence-corrected chi connectivity index (χ4v) is 2.65. The van der Waals surface area contributed by atoms with Crippen molar-refractivity contribution in [2.75, 3.05) is 13.1 Å². The first-order chi connectivity index (χ1) is 9.60. The van der Waals surface area contributed by atoms with E-state index in [2.05, 4.69) is 21.2 Å². The third-order valence-electron chi connectivity index (χ3n) is 3.36. The zero-order valence-corrected chi connectivity index (χ0v) is 13.9. The number of benzene rings is 1. The average Bonchev–Trinajstić information content (AvgIpc) is 2.91. The van der Waals surface area contributed by atoms with E-state index in [4.69, 9.17) is 10.5 Å². The molecule has 1 amide bonds. The number of nitrogens with one attached hydrogen (secondary N) is 1. The van der Waals surface area contributed by atoms with Crippen molar-refractivity contribution in [2.24, 2.45) is 5.73 Å². The normalized spacial score (nSPS) is 20.9. The van der Waals surface area contributed by atoms with Gasteiger partial charge in [-0.25, -0.2) is 4.39 Å². The van der Waals surface area contributed by atoms with Gasteiger partial charge in [-0.05, 0) is 43.0 Å². The summed E-state index contributed by atoms with van der Waals surface area (Å²) < 4.78 is 19.8. The highest BCUT2D eigenvalue weighted by Gasteiger charge is 2.29. The molecule has 0 aromatic heterocycles. The van der Waals surface area contributed by atoms with Crippen molar-refractivity contribution in [3.05, 3.63) is 34.1 Å². The number of ether oxygens (including phenoxy) is 1. The number of halogens is 3. The summed E-state index contributed by atoms with van der Waals surface area (Å²) in [6.45, 7) is 0.826. The van der Waals surface area contributed by atoms with E-state index in [0.29, 0.717) is 31.5 Å². The summed E-state index contributed by atoms with van der Waals surface area (Å²) in [4.78, 5) is 11.9. The molecule has 2 rings (SSSR count). The minimum absolute atomic E-state index is 0. The molecule has 1 fully saturated rings. The standard InChI is InChI=1S/C14H18BrFN2O2.ClH/c15-10-1-3-12(16)9(7-10)5-6-18-14(19)13-4-2-11(8-17)20-13;/h1,3,7,11,13H,2,4-6,8,17H2,(H,18,19);1H/t11-,13+;/m1./s1. The average molecular weight is 382 g/mol. The summed E-state index contributed by atoms with van der Waals surface area (Å²) >= 11 is 3.30. The van der Waals surface area contributed by atoms with Gasteiger partial charge in [0.1, 0.15) is 11.9 Å². The smallest absolute Gasteiger partial charge is 0.249 e. The Labute approximate surface area is 138 Å². The van der Waals surface area contributed by atoms with Crippen LogP contribution in [0.25, 0.3) is 0 Å². The quantitative estimate of drug-likeness (QED) is 0.821. The molecule has 0 unspecified atom stereocenters. The fourth-order valence-electron chi connectivity index (χ4n) is 2.24. The second kappa shape index (κ2) is 8.68. The SMILES string of the molecule is Cl.NC[C@H]1CC[C@@H](C(=O)NCCc2cc(Br)ccc2F)O1. The summed E-state index contributed by atoms with van der Waals surface area (Å²) in [5, 5.41) is 2.78. The zero-order chi connectivity index (χ0) is 14.5. The Morgan fingerprint density at radius 3 is 2.90 bits per heavy atom. The van der Waals surface area contributed by atoms with E-state index in [1.165, 1.54) is 6.07 Å². The first-order valence-electron chi connectivity index (χ1n) is 6.67. The molecule has 1 heterocycles. The summed E-state index contributed by atoms with van der Waals surface area (Å²) in [5.74, 6) is -0.404. The van der Waals surface area contributed by atoms with E-state index in [1.54, 1.807) is 12.1 Å². The summed E-state index contributed by atoms with van der Waals surface area (Å²) in [6, 6.07) is 4.78. The van der Waals surface area contributed by atoms with Gasteiger partial charge in [-0.1, -0.05) is 15.9 Å². The maximum absolute atomic E-state index is 13.5. The predicted octanol–water partition coefficient (Wildman–Crippen LogP) is 2.17. The van der Waals surface area contributed by atoms with Crippen LogP contribution in [0.1, 0.15) is 18.4 Å². The summed E-state index contributed by atoms with van der Waals surface area (Å²) in [6.07, 6.45) is 1.52. The van der Waals surface area contributed by atoms with Gasteiger partial charge in [0.15, 0.2) is 0 Å². The Morgan fingerprint density at radius 2 is 2.24 bits per heavy atom. The van der Waals surface area contributed by atoms with Crippen LogP contribution >= 0.6 is 28.3 Å². The highest BCUT2D eigenvalue weighted by Crippen LogP contribution is 2.19. The van der Waals surface area contributed by atoms with Gasteiger partial charge in [0, 0.05) is 17.6 Å². The largest absolute Gasteiger partial charge is 0.364 e. The van der Waals surface area contributed by atoms with E-state index >= 15 is 0 Å². The van der Waals surface area contributed by atoms with Crippen LogP contribution in [-0.2, 0) is 16.0 Å². The molecule has 3 N–H and O–H groups in total. The molecule has 1 aliphatic rings. The maximum atomic E-state index is 13.5. The van der Waals surface area contributed by atoms with E-state index < -0.39 is 6.10 Å². The molecule has 4 nitrogen and oxygen atoms in total. The van der Waals surface area contributed by atoms with Crippen LogP contribution in [0.5, 0.6) is 0 Å². The molecule has 0 spiro atoms. The second-order valence-corrected chi connectivity index (χ2v) is 5.75. The van der Waals surface area contributed by atoms with E-state index in [9.17, 15) is 9.18 Å². The lowest BCUT2D eigenvalue weighted by Crippen LogP contribution is -2.36. The number of carbonyl (C=O) groups is 1. The van der Waals surface area contributed by atoms with Crippen LogP contribution in [0, 0.1) is 5.82 Å². The van der Waals surface area contributed by atoms with Crippen molar-refractivity contribution in [3.8, 4) is 0 Å². The Balaban J connectivity index is 0.00000220. The molecule has 7 heteroatoms. The van der Waals surface area contributed by atoms with Gasteiger partial charge in [0.2, 0.25) is 5.91 Å². The van der Waals surface area contributed by atoms with Crippen LogP contribution in [0.15, 0.2) is 22.7 Å². The van der Waals surface area contributed by atoms with Crippen LogP contribution in [0.4, 0.5) is 4.39 Å². The molecule has 2 atom stereocenters. The molecular formula is C14H19BrClFN2O2. The van der Waals surface area contributed by atoms with E-state index in [-0.39, 0.29) is 30.2 Å².